The van der Waals surface area contributed by atoms with Crippen LogP contribution in [-0.2, 0) is 4.79 Å². The van der Waals surface area contributed by atoms with Crippen molar-refractivity contribution in [2.24, 2.45) is 11.8 Å². The van der Waals surface area contributed by atoms with E-state index in [2.05, 4.69) is 6.07 Å². The Hall–Kier alpha value is -1.04. The molecular weight excluding hydrogens is 236 g/mol. The van der Waals surface area contributed by atoms with Gasteiger partial charge in [0.15, 0.2) is 0 Å². The average molecular weight is 262 g/mol. The van der Waals surface area contributed by atoms with Gasteiger partial charge in [-0.05, 0) is 44.4 Å². The predicted molar refractivity (Wildman–Crippen MR) is 75.3 cm³/mol. The van der Waals surface area contributed by atoms with Crippen molar-refractivity contribution < 1.29 is 4.79 Å². The van der Waals surface area contributed by atoms with Crippen LogP contribution in [0.4, 0.5) is 0 Å². The van der Waals surface area contributed by atoms with Crippen molar-refractivity contribution in [1.29, 1.82) is 5.26 Å². The quantitative estimate of drug-likeness (QED) is 0.761. The number of carbonyl (C=O) groups is 1. The highest BCUT2D eigenvalue weighted by Crippen LogP contribution is 2.31. The molecule has 0 aliphatic heterocycles. The summed E-state index contributed by atoms with van der Waals surface area (Å²) in [7, 11) is 1.95. The van der Waals surface area contributed by atoms with Crippen molar-refractivity contribution >= 4 is 5.91 Å². The fraction of sp³-hybridized carbons (Fsp3) is 0.875. The number of nitriles is 1. The molecule has 2 fully saturated rings. The van der Waals surface area contributed by atoms with Crippen molar-refractivity contribution in [3.8, 4) is 6.07 Å². The molecule has 3 nitrogen and oxygen atoms in total. The van der Waals surface area contributed by atoms with Gasteiger partial charge in [-0.2, -0.15) is 5.26 Å². The minimum absolute atomic E-state index is 0.221. The first-order chi connectivity index (χ1) is 9.20. The SMILES string of the molecule is CN(C(=O)CCCC1CCC1)C1CCC(C#N)CC1. The Kier molecular flexibility index (Phi) is 5.24. The second-order valence-electron chi connectivity index (χ2n) is 6.33. The molecule has 0 N–H and O–H groups in total. The largest absolute Gasteiger partial charge is 0.343 e. The molecule has 2 aliphatic carbocycles. The molecule has 3 heteroatoms. The summed E-state index contributed by atoms with van der Waals surface area (Å²) in [6.07, 6.45) is 11.1. The van der Waals surface area contributed by atoms with Crippen LogP contribution in [0.1, 0.15) is 64.2 Å². The molecule has 2 saturated carbocycles. The third kappa shape index (κ3) is 3.96. The lowest BCUT2D eigenvalue weighted by Crippen LogP contribution is -2.39. The van der Waals surface area contributed by atoms with Gasteiger partial charge >= 0.3 is 0 Å². The third-order valence-electron chi connectivity index (χ3n) is 5.05. The Morgan fingerprint density at radius 1 is 1.21 bits per heavy atom. The van der Waals surface area contributed by atoms with E-state index in [1.54, 1.807) is 0 Å². The van der Waals surface area contributed by atoms with Gasteiger partial charge in [-0.1, -0.05) is 19.3 Å². The zero-order chi connectivity index (χ0) is 13.7. The van der Waals surface area contributed by atoms with Gasteiger partial charge in [-0.3, -0.25) is 4.79 Å². The van der Waals surface area contributed by atoms with Gasteiger partial charge in [0.2, 0.25) is 5.91 Å². The monoisotopic (exact) mass is 262 g/mol. The van der Waals surface area contributed by atoms with E-state index in [1.807, 2.05) is 11.9 Å². The van der Waals surface area contributed by atoms with Gasteiger partial charge < -0.3 is 4.90 Å². The highest BCUT2D eigenvalue weighted by Gasteiger charge is 2.26. The molecule has 2 aliphatic rings. The van der Waals surface area contributed by atoms with Gasteiger partial charge in [0.05, 0.1) is 6.07 Å². The van der Waals surface area contributed by atoms with Crippen LogP contribution in [0.5, 0.6) is 0 Å². The number of hydrogen-bond donors (Lipinski definition) is 0. The minimum Gasteiger partial charge on any atom is -0.343 e. The summed E-state index contributed by atoms with van der Waals surface area (Å²) in [6.45, 7) is 0. The highest BCUT2D eigenvalue weighted by molar-refractivity contribution is 5.76. The lowest BCUT2D eigenvalue weighted by atomic mass is 9.82. The fourth-order valence-corrected chi connectivity index (χ4v) is 3.30. The van der Waals surface area contributed by atoms with Gasteiger partial charge in [0.25, 0.3) is 0 Å². The predicted octanol–water partition coefficient (Wildman–Crippen LogP) is 3.50. The van der Waals surface area contributed by atoms with Gasteiger partial charge in [-0.25, -0.2) is 0 Å². The highest BCUT2D eigenvalue weighted by atomic mass is 16.2. The van der Waals surface area contributed by atoms with E-state index in [0.717, 1.165) is 38.0 Å². The van der Waals surface area contributed by atoms with E-state index in [-0.39, 0.29) is 5.92 Å². The van der Waals surface area contributed by atoms with Crippen LogP contribution in [0.25, 0.3) is 0 Å². The van der Waals surface area contributed by atoms with Gasteiger partial charge in [0, 0.05) is 25.4 Å². The molecule has 0 bridgehead atoms. The first-order valence-corrected chi connectivity index (χ1v) is 7.86. The topological polar surface area (TPSA) is 44.1 Å². The Morgan fingerprint density at radius 2 is 1.89 bits per heavy atom. The van der Waals surface area contributed by atoms with Crippen molar-refractivity contribution in [1.82, 2.24) is 4.90 Å². The molecule has 0 heterocycles. The summed E-state index contributed by atoms with van der Waals surface area (Å²) in [4.78, 5) is 14.1. The molecule has 0 aromatic heterocycles. The molecule has 0 saturated heterocycles. The van der Waals surface area contributed by atoms with Crippen LogP contribution in [0, 0.1) is 23.2 Å². The average Bonchev–Trinajstić information content (AvgIpc) is 2.40. The molecule has 19 heavy (non-hydrogen) atoms. The molecular formula is C16H26N2O. The van der Waals surface area contributed by atoms with Crippen molar-refractivity contribution in [3.63, 3.8) is 0 Å². The van der Waals surface area contributed by atoms with Crippen LogP contribution in [0.15, 0.2) is 0 Å². The lowest BCUT2D eigenvalue weighted by Gasteiger charge is -2.33. The smallest absolute Gasteiger partial charge is 0.222 e. The van der Waals surface area contributed by atoms with Crippen molar-refractivity contribution in [2.45, 2.75) is 70.3 Å². The van der Waals surface area contributed by atoms with Gasteiger partial charge in [-0.15, -0.1) is 0 Å². The zero-order valence-electron chi connectivity index (χ0n) is 12.1. The number of rotatable bonds is 5. The maximum atomic E-state index is 12.1. The first-order valence-electron chi connectivity index (χ1n) is 7.86. The second kappa shape index (κ2) is 6.93. The second-order valence-corrected chi connectivity index (χ2v) is 6.33. The standard InChI is InChI=1S/C16H26N2O/c1-18(15-10-8-14(12-17)9-11-15)16(19)7-3-6-13-4-2-5-13/h13-15H,2-11H2,1H3. The van der Waals surface area contributed by atoms with Crippen LogP contribution >= 0.6 is 0 Å². The Balaban J connectivity index is 1.65. The Morgan fingerprint density at radius 3 is 2.42 bits per heavy atom. The summed E-state index contributed by atoms with van der Waals surface area (Å²) in [6, 6.07) is 2.72. The zero-order valence-corrected chi connectivity index (χ0v) is 12.1. The van der Waals surface area contributed by atoms with E-state index < -0.39 is 0 Å². The third-order valence-corrected chi connectivity index (χ3v) is 5.05. The Labute approximate surface area is 117 Å². The van der Waals surface area contributed by atoms with E-state index in [4.69, 9.17) is 5.26 Å². The first kappa shape index (κ1) is 14.4. The lowest BCUT2D eigenvalue weighted by molar-refractivity contribution is -0.132. The summed E-state index contributed by atoms with van der Waals surface area (Å²) in [5, 5.41) is 8.89. The minimum atomic E-state index is 0.221. The Bertz CT molecular complexity index is 335. The normalized spacial score (nSPS) is 27.4. The fourth-order valence-electron chi connectivity index (χ4n) is 3.30. The van der Waals surface area contributed by atoms with Gasteiger partial charge in [0.1, 0.15) is 0 Å². The maximum absolute atomic E-state index is 12.1. The number of nitrogens with zero attached hydrogens (tertiary/aromatic N) is 2. The molecule has 0 spiro atoms. The number of hydrogen-bond acceptors (Lipinski definition) is 2. The summed E-state index contributed by atoms with van der Waals surface area (Å²) < 4.78 is 0. The molecule has 0 aromatic carbocycles. The maximum Gasteiger partial charge on any atom is 0.222 e. The molecule has 2 rings (SSSR count). The van der Waals surface area contributed by atoms with Crippen LogP contribution in [0.2, 0.25) is 0 Å². The molecule has 0 radical (unpaired) electrons. The molecule has 0 unspecified atom stereocenters. The van der Waals surface area contributed by atoms with Crippen LogP contribution in [0.3, 0.4) is 0 Å². The molecule has 0 aromatic rings. The van der Waals surface area contributed by atoms with Crippen molar-refractivity contribution in [2.75, 3.05) is 7.05 Å². The summed E-state index contributed by atoms with van der Waals surface area (Å²) in [5.41, 5.74) is 0. The number of carbonyl (C=O) groups excluding carboxylic acids is 1. The van der Waals surface area contributed by atoms with Crippen LogP contribution < -0.4 is 0 Å². The molecule has 0 atom stereocenters. The van der Waals surface area contributed by atoms with E-state index in [9.17, 15) is 4.79 Å². The number of amides is 1. The molecule has 1 amide bonds. The van der Waals surface area contributed by atoms with E-state index in [0.29, 0.717) is 18.4 Å². The van der Waals surface area contributed by atoms with E-state index >= 15 is 0 Å². The molecule has 106 valence electrons. The summed E-state index contributed by atoms with van der Waals surface area (Å²) in [5.74, 6) is 1.43. The van der Waals surface area contributed by atoms with E-state index in [1.165, 1.54) is 25.7 Å². The summed E-state index contributed by atoms with van der Waals surface area (Å²) >= 11 is 0. The van der Waals surface area contributed by atoms with Crippen LogP contribution in [-0.4, -0.2) is 23.9 Å². The van der Waals surface area contributed by atoms with Crippen molar-refractivity contribution in [3.05, 3.63) is 0 Å².